The van der Waals surface area contributed by atoms with Crippen molar-refractivity contribution in [2.24, 2.45) is 5.92 Å². The SMILES string of the molecule is CC(C)Oc1ccccc1[C@@H](C)NC(=O)C[C@@H]1C=CCC1. The molecule has 0 saturated carbocycles. The van der Waals surface area contributed by atoms with E-state index >= 15 is 0 Å². The van der Waals surface area contributed by atoms with Gasteiger partial charge in [0.2, 0.25) is 5.91 Å². The van der Waals surface area contributed by atoms with Crippen molar-refractivity contribution in [3.05, 3.63) is 42.0 Å². The van der Waals surface area contributed by atoms with Gasteiger partial charge in [0.05, 0.1) is 12.1 Å². The zero-order chi connectivity index (χ0) is 15.2. The van der Waals surface area contributed by atoms with Crippen molar-refractivity contribution in [1.82, 2.24) is 5.32 Å². The minimum atomic E-state index is -0.0437. The molecular weight excluding hydrogens is 262 g/mol. The summed E-state index contributed by atoms with van der Waals surface area (Å²) in [4.78, 5) is 12.1. The molecule has 0 fully saturated rings. The summed E-state index contributed by atoms with van der Waals surface area (Å²) in [7, 11) is 0. The molecule has 1 amide bonds. The highest BCUT2D eigenvalue weighted by molar-refractivity contribution is 5.77. The van der Waals surface area contributed by atoms with Crippen LogP contribution in [0.15, 0.2) is 36.4 Å². The summed E-state index contributed by atoms with van der Waals surface area (Å²) in [5, 5.41) is 3.08. The van der Waals surface area contributed by atoms with Crippen molar-refractivity contribution in [3.63, 3.8) is 0 Å². The van der Waals surface area contributed by atoms with Crippen molar-refractivity contribution in [1.29, 1.82) is 0 Å². The first kappa shape index (κ1) is 15.6. The number of benzene rings is 1. The molecule has 0 aliphatic heterocycles. The number of hydrogen-bond acceptors (Lipinski definition) is 2. The number of rotatable bonds is 6. The maximum Gasteiger partial charge on any atom is 0.221 e. The molecule has 0 unspecified atom stereocenters. The molecule has 0 spiro atoms. The first-order valence-electron chi connectivity index (χ1n) is 7.78. The third kappa shape index (κ3) is 4.62. The minimum absolute atomic E-state index is 0.0437. The molecule has 0 heterocycles. The third-order valence-electron chi connectivity index (χ3n) is 3.69. The Morgan fingerprint density at radius 3 is 2.76 bits per heavy atom. The number of carbonyl (C=O) groups excluding carboxylic acids is 1. The molecule has 1 N–H and O–H groups in total. The smallest absolute Gasteiger partial charge is 0.221 e. The van der Waals surface area contributed by atoms with Gasteiger partial charge in [-0.15, -0.1) is 0 Å². The van der Waals surface area contributed by atoms with Gasteiger partial charge >= 0.3 is 0 Å². The number of hydrogen-bond donors (Lipinski definition) is 1. The highest BCUT2D eigenvalue weighted by atomic mass is 16.5. The van der Waals surface area contributed by atoms with Crippen LogP contribution < -0.4 is 10.1 Å². The number of amides is 1. The number of carbonyl (C=O) groups is 1. The zero-order valence-corrected chi connectivity index (χ0v) is 13.1. The van der Waals surface area contributed by atoms with Crippen LogP contribution >= 0.6 is 0 Å². The van der Waals surface area contributed by atoms with Crippen molar-refractivity contribution >= 4 is 5.91 Å². The van der Waals surface area contributed by atoms with Crippen LogP contribution in [0.2, 0.25) is 0 Å². The van der Waals surface area contributed by atoms with Crippen LogP contribution in [0.5, 0.6) is 5.75 Å². The summed E-state index contributed by atoms with van der Waals surface area (Å²) in [6.07, 6.45) is 7.20. The molecule has 3 nitrogen and oxygen atoms in total. The highest BCUT2D eigenvalue weighted by Crippen LogP contribution is 2.26. The molecule has 1 aromatic rings. The fourth-order valence-corrected chi connectivity index (χ4v) is 2.68. The Morgan fingerprint density at radius 2 is 2.10 bits per heavy atom. The molecule has 3 heteroatoms. The topological polar surface area (TPSA) is 38.3 Å². The first-order valence-corrected chi connectivity index (χ1v) is 7.78. The van der Waals surface area contributed by atoms with Gasteiger partial charge in [-0.1, -0.05) is 30.4 Å². The maximum atomic E-state index is 12.1. The Morgan fingerprint density at radius 1 is 1.33 bits per heavy atom. The maximum absolute atomic E-state index is 12.1. The second-order valence-corrected chi connectivity index (χ2v) is 5.96. The molecule has 1 aliphatic carbocycles. The van der Waals surface area contributed by atoms with E-state index in [2.05, 4.69) is 17.5 Å². The van der Waals surface area contributed by atoms with E-state index in [1.54, 1.807) is 0 Å². The van der Waals surface area contributed by atoms with E-state index in [4.69, 9.17) is 4.74 Å². The molecule has 114 valence electrons. The van der Waals surface area contributed by atoms with Gasteiger partial charge in [0.15, 0.2) is 0 Å². The normalized spacial score (nSPS) is 18.8. The molecular formula is C18H25NO2. The predicted octanol–water partition coefficient (Wildman–Crippen LogP) is 4.01. The number of ether oxygens (including phenoxy) is 1. The Hall–Kier alpha value is -1.77. The molecule has 0 aromatic heterocycles. The Kier molecular flexibility index (Phi) is 5.43. The van der Waals surface area contributed by atoms with Crippen molar-refractivity contribution in [2.45, 2.75) is 52.2 Å². The molecule has 0 radical (unpaired) electrons. The minimum Gasteiger partial charge on any atom is -0.491 e. The average molecular weight is 287 g/mol. The van der Waals surface area contributed by atoms with Crippen LogP contribution in [-0.2, 0) is 4.79 Å². The van der Waals surface area contributed by atoms with Crippen molar-refractivity contribution in [2.75, 3.05) is 0 Å². The first-order chi connectivity index (χ1) is 10.1. The van der Waals surface area contributed by atoms with Gasteiger partial charge in [-0.05, 0) is 45.6 Å². The summed E-state index contributed by atoms with van der Waals surface area (Å²) < 4.78 is 5.82. The number of allylic oxidation sites excluding steroid dienone is 2. The summed E-state index contributed by atoms with van der Waals surface area (Å²) >= 11 is 0. The van der Waals surface area contributed by atoms with E-state index in [0.29, 0.717) is 12.3 Å². The van der Waals surface area contributed by atoms with Crippen LogP contribution in [0.4, 0.5) is 0 Å². The highest BCUT2D eigenvalue weighted by Gasteiger charge is 2.18. The number of para-hydroxylation sites is 1. The molecule has 21 heavy (non-hydrogen) atoms. The van der Waals surface area contributed by atoms with Crippen molar-refractivity contribution in [3.8, 4) is 5.75 Å². The van der Waals surface area contributed by atoms with Gasteiger partial charge in [0.1, 0.15) is 5.75 Å². The van der Waals surface area contributed by atoms with Crippen LogP contribution in [0.25, 0.3) is 0 Å². The molecule has 2 atom stereocenters. The Balaban J connectivity index is 1.97. The molecule has 0 saturated heterocycles. The quantitative estimate of drug-likeness (QED) is 0.803. The lowest BCUT2D eigenvalue weighted by atomic mass is 10.0. The van der Waals surface area contributed by atoms with Crippen LogP contribution in [-0.4, -0.2) is 12.0 Å². The molecule has 0 bridgehead atoms. The lowest BCUT2D eigenvalue weighted by molar-refractivity contribution is -0.122. The van der Waals surface area contributed by atoms with E-state index < -0.39 is 0 Å². The van der Waals surface area contributed by atoms with Gasteiger partial charge in [-0.2, -0.15) is 0 Å². The fourth-order valence-electron chi connectivity index (χ4n) is 2.68. The van der Waals surface area contributed by atoms with Crippen LogP contribution in [0.3, 0.4) is 0 Å². The molecule has 1 aromatic carbocycles. The molecule has 1 aliphatic rings. The lowest BCUT2D eigenvalue weighted by Crippen LogP contribution is -2.28. The lowest BCUT2D eigenvalue weighted by Gasteiger charge is -2.20. The van der Waals surface area contributed by atoms with E-state index in [0.717, 1.165) is 24.2 Å². The average Bonchev–Trinajstić information content (AvgIpc) is 2.91. The summed E-state index contributed by atoms with van der Waals surface area (Å²) in [5.41, 5.74) is 1.03. The van der Waals surface area contributed by atoms with Crippen molar-refractivity contribution < 1.29 is 9.53 Å². The van der Waals surface area contributed by atoms with E-state index in [1.165, 1.54) is 0 Å². The Labute approximate surface area is 127 Å². The predicted molar refractivity (Wildman–Crippen MR) is 85.2 cm³/mol. The van der Waals surface area contributed by atoms with E-state index in [-0.39, 0.29) is 18.1 Å². The van der Waals surface area contributed by atoms with Gasteiger partial charge in [0, 0.05) is 12.0 Å². The van der Waals surface area contributed by atoms with E-state index in [9.17, 15) is 4.79 Å². The van der Waals surface area contributed by atoms with Crippen LogP contribution in [0.1, 0.15) is 51.6 Å². The summed E-state index contributed by atoms with van der Waals surface area (Å²) in [6, 6.07) is 7.86. The molecule has 2 rings (SSSR count). The second kappa shape index (κ2) is 7.30. The second-order valence-electron chi connectivity index (χ2n) is 5.96. The van der Waals surface area contributed by atoms with Crippen LogP contribution in [0, 0.1) is 5.92 Å². The largest absolute Gasteiger partial charge is 0.491 e. The summed E-state index contributed by atoms with van der Waals surface area (Å²) in [6.45, 7) is 6.02. The Bertz CT molecular complexity index is 508. The van der Waals surface area contributed by atoms with Gasteiger partial charge in [-0.3, -0.25) is 4.79 Å². The monoisotopic (exact) mass is 287 g/mol. The summed E-state index contributed by atoms with van der Waals surface area (Å²) in [5.74, 6) is 1.36. The van der Waals surface area contributed by atoms with Gasteiger partial charge in [-0.25, -0.2) is 0 Å². The standard InChI is InChI=1S/C18H25NO2/c1-13(2)21-17-11-7-6-10-16(17)14(3)19-18(20)12-15-8-4-5-9-15/h4,6-8,10-11,13-15H,5,9,12H2,1-3H3,(H,19,20)/t14-,15-/m1/s1. The van der Waals surface area contributed by atoms with Gasteiger partial charge < -0.3 is 10.1 Å². The third-order valence-corrected chi connectivity index (χ3v) is 3.69. The van der Waals surface area contributed by atoms with E-state index in [1.807, 2.05) is 45.0 Å². The number of nitrogens with one attached hydrogen (secondary N) is 1. The fraction of sp³-hybridized carbons (Fsp3) is 0.500. The zero-order valence-electron chi connectivity index (χ0n) is 13.1. The van der Waals surface area contributed by atoms with Gasteiger partial charge in [0.25, 0.3) is 0 Å².